The molecule has 3 rings (SSSR count). The zero-order chi connectivity index (χ0) is 13.4. The first kappa shape index (κ1) is 12.3. The van der Waals surface area contributed by atoms with Gasteiger partial charge in [-0.05, 0) is 25.8 Å². The average Bonchev–Trinajstić information content (AvgIpc) is 2.77. The molecule has 100 valence electrons. The first-order valence-electron chi connectivity index (χ1n) is 7.00. The van der Waals surface area contributed by atoms with Crippen LogP contribution in [0.1, 0.15) is 48.2 Å². The fourth-order valence-corrected chi connectivity index (χ4v) is 3.13. The number of benzene rings is 1. The Morgan fingerprint density at radius 2 is 2.00 bits per heavy atom. The predicted octanol–water partition coefficient (Wildman–Crippen LogP) is 4.09. The standard InChI is InChI=1S/C16H19NO2/c1-10-14(15(18)11-6-3-2-4-7-11)12-8-5-9-13(17)16(12)19-10/h5,8-9,11H,2-4,6-7,17H2,1H3. The summed E-state index contributed by atoms with van der Waals surface area (Å²) < 4.78 is 5.70. The number of hydrogen-bond acceptors (Lipinski definition) is 3. The molecular formula is C16H19NO2. The maximum absolute atomic E-state index is 12.7. The number of carbonyl (C=O) groups excluding carboxylic acids is 1. The van der Waals surface area contributed by atoms with Gasteiger partial charge in [-0.25, -0.2) is 0 Å². The normalized spacial score (nSPS) is 16.9. The zero-order valence-corrected chi connectivity index (χ0v) is 11.2. The molecule has 1 aromatic heterocycles. The van der Waals surface area contributed by atoms with Crippen molar-refractivity contribution in [2.24, 2.45) is 5.92 Å². The van der Waals surface area contributed by atoms with E-state index in [0.717, 1.165) is 36.6 Å². The van der Waals surface area contributed by atoms with Crippen molar-refractivity contribution in [1.82, 2.24) is 0 Å². The van der Waals surface area contributed by atoms with Crippen LogP contribution in [0.4, 0.5) is 5.69 Å². The summed E-state index contributed by atoms with van der Waals surface area (Å²) in [5.41, 5.74) is 7.91. The van der Waals surface area contributed by atoms with Crippen LogP contribution in [0.5, 0.6) is 0 Å². The molecule has 1 heterocycles. The highest BCUT2D eigenvalue weighted by molar-refractivity contribution is 6.11. The van der Waals surface area contributed by atoms with Gasteiger partial charge in [0.25, 0.3) is 0 Å². The number of nitrogens with two attached hydrogens (primary N) is 1. The Morgan fingerprint density at radius 1 is 1.26 bits per heavy atom. The van der Waals surface area contributed by atoms with Gasteiger partial charge in [0.05, 0.1) is 11.3 Å². The van der Waals surface area contributed by atoms with Gasteiger partial charge in [-0.15, -0.1) is 0 Å². The number of furan rings is 1. The molecule has 1 aliphatic carbocycles. The van der Waals surface area contributed by atoms with Gasteiger partial charge < -0.3 is 10.2 Å². The Hall–Kier alpha value is -1.77. The van der Waals surface area contributed by atoms with E-state index >= 15 is 0 Å². The Morgan fingerprint density at radius 3 is 2.74 bits per heavy atom. The molecule has 0 radical (unpaired) electrons. The molecule has 19 heavy (non-hydrogen) atoms. The number of aryl methyl sites for hydroxylation is 1. The molecule has 0 atom stereocenters. The van der Waals surface area contributed by atoms with Crippen LogP contribution < -0.4 is 5.73 Å². The summed E-state index contributed by atoms with van der Waals surface area (Å²) in [5, 5.41) is 0.869. The number of ketones is 1. The van der Waals surface area contributed by atoms with Gasteiger partial charge in [0.15, 0.2) is 11.4 Å². The van der Waals surface area contributed by atoms with Crippen molar-refractivity contribution >= 4 is 22.4 Å². The highest BCUT2D eigenvalue weighted by atomic mass is 16.3. The summed E-state index contributed by atoms with van der Waals surface area (Å²) >= 11 is 0. The Bertz CT molecular complexity index is 621. The molecule has 0 aliphatic heterocycles. The molecule has 3 nitrogen and oxygen atoms in total. The smallest absolute Gasteiger partial charge is 0.170 e. The van der Waals surface area contributed by atoms with Crippen molar-refractivity contribution in [1.29, 1.82) is 0 Å². The minimum Gasteiger partial charge on any atom is -0.458 e. The second kappa shape index (κ2) is 4.72. The van der Waals surface area contributed by atoms with E-state index in [1.54, 1.807) is 6.07 Å². The highest BCUT2D eigenvalue weighted by Gasteiger charge is 2.27. The van der Waals surface area contributed by atoms with Crippen molar-refractivity contribution in [3.8, 4) is 0 Å². The van der Waals surface area contributed by atoms with Gasteiger partial charge in [-0.3, -0.25) is 4.79 Å². The lowest BCUT2D eigenvalue weighted by Gasteiger charge is -2.20. The summed E-state index contributed by atoms with van der Waals surface area (Å²) in [5.74, 6) is 1.10. The van der Waals surface area contributed by atoms with Crippen molar-refractivity contribution < 1.29 is 9.21 Å². The van der Waals surface area contributed by atoms with Gasteiger partial charge in [0.2, 0.25) is 0 Å². The molecule has 1 fully saturated rings. The van der Waals surface area contributed by atoms with Crippen molar-refractivity contribution in [3.05, 3.63) is 29.5 Å². The number of rotatable bonds is 2. The number of hydrogen-bond donors (Lipinski definition) is 1. The molecule has 0 unspecified atom stereocenters. The van der Waals surface area contributed by atoms with Gasteiger partial charge in [0, 0.05) is 11.3 Å². The van der Waals surface area contributed by atoms with Gasteiger partial charge in [-0.1, -0.05) is 31.4 Å². The summed E-state index contributed by atoms with van der Waals surface area (Å²) in [7, 11) is 0. The minimum atomic E-state index is 0.162. The van der Waals surface area contributed by atoms with Crippen molar-refractivity contribution in [2.75, 3.05) is 5.73 Å². The van der Waals surface area contributed by atoms with Gasteiger partial charge in [0.1, 0.15) is 5.76 Å². The molecule has 0 spiro atoms. The molecule has 2 aromatic rings. The Balaban J connectivity index is 2.06. The van der Waals surface area contributed by atoms with E-state index in [2.05, 4.69) is 0 Å². The monoisotopic (exact) mass is 257 g/mol. The number of carbonyl (C=O) groups is 1. The molecule has 1 aromatic carbocycles. The SMILES string of the molecule is Cc1oc2c(N)cccc2c1C(=O)C1CCCCC1. The highest BCUT2D eigenvalue weighted by Crippen LogP contribution is 2.34. The van der Waals surface area contributed by atoms with Gasteiger partial charge in [-0.2, -0.15) is 0 Å². The minimum absolute atomic E-state index is 0.162. The van der Waals surface area contributed by atoms with Crippen LogP contribution in [-0.2, 0) is 0 Å². The van der Waals surface area contributed by atoms with Crippen LogP contribution in [0, 0.1) is 12.8 Å². The molecule has 0 bridgehead atoms. The van der Waals surface area contributed by atoms with E-state index in [4.69, 9.17) is 10.2 Å². The number of Topliss-reactive ketones (excluding diaryl/α,β-unsaturated/α-hetero) is 1. The lowest BCUT2D eigenvalue weighted by molar-refractivity contribution is 0.0889. The zero-order valence-electron chi connectivity index (χ0n) is 11.2. The van der Waals surface area contributed by atoms with Gasteiger partial charge >= 0.3 is 0 Å². The first-order chi connectivity index (χ1) is 9.18. The molecular weight excluding hydrogens is 238 g/mol. The summed E-state index contributed by atoms with van der Waals surface area (Å²) in [6.45, 7) is 1.86. The maximum atomic E-state index is 12.7. The fraction of sp³-hybridized carbons (Fsp3) is 0.438. The lowest BCUT2D eigenvalue weighted by atomic mass is 9.83. The Kier molecular flexibility index (Phi) is 3.05. The number of fused-ring (bicyclic) bond motifs is 1. The summed E-state index contributed by atoms with van der Waals surface area (Å²) in [4.78, 5) is 12.7. The van der Waals surface area contributed by atoms with Crippen LogP contribution in [-0.4, -0.2) is 5.78 Å². The molecule has 0 amide bonds. The van der Waals surface area contributed by atoms with E-state index in [1.807, 2.05) is 19.1 Å². The number of para-hydroxylation sites is 1. The second-order valence-corrected chi connectivity index (χ2v) is 5.46. The third kappa shape index (κ3) is 2.03. The summed E-state index contributed by atoms with van der Waals surface area (Å²) in [6, 6.07) is 5.61. The van der Waals surface area contributed by atoms with E-state index in [0.29, 0.717) is 17.0 Å². The van der Waals surface area contributed by atoms with E-state index in [9.17, 15) is 4.79 Å². The van der Waals surface area contributed by atoms with E-state index < -0.39 is 0 Å². The number of anilines is 1. The van der Waals surface area contributed by atoms with Crippen LogP contribution >= 0.6 is 0 Å². The number of nitrogen functional groups attached to an aromatic ring is 1. The lowest BCUT2D eigenvalue weighted by Crippen LogP contribution is -2.18. The maximum Gasteiger partial charge on any atom is 0.170 e. The molecule has 3 heteroatoms. The van der Waals surface area contributed by atoms with Crippen molar-refractivity contribution in [2.45, 2.75) is 39.0 Å². The molecule has 2 N–H and O–H groups in total. The molecule has 1 aliphatic rings. The molecule has 1 saturated carbocycles. The topological polar surface area (TPSA) is 56.2 Å². The third-order valence-electron chi connectivity index (χ3n) is 4.14. The first-order valence-corrected chi connectivity index (χ1v) is 7.00. The fourth-order valence-electron chi connectivity index (χ4n) is 3.13. The Labute approximate surface area is 112 Å². The summed E-state index contributed by atoms with van der Waals surface area (Å²) in [6.07, 6.45) is 5.59. The van der Waals surface area contributed by atoms with E-state index in [1.165, 1.54) is 6.42 Å². The molecule has 0 saturated heterocycles. The average molecular weight is 257 g/mol. The van der Waals surface area contributed by atoms with Crippen LogP contribution in [0.25, 0.3) is 11.0 Å². The van der Waals surface area contributed by atoms with Crippen LogP contribution in [0.2, 0.25) is 0 Å². The largest absolute Gasteiger partial charge is 0.458 e. The predicted molar refractivity (Wildman–Crippen MR) is 76.3 cm³/mol. The van der Waals surface area contributed by atoms with E-state index in [-0.39, 0.29) is 11.7 Å². The van der Waals surface area contributed by atoms with Crippen LogP contribution in [0.15, 0.2) is 22.6 Å². The van der Waals surface area contributed by atoms with Crippen molar-refractivity contribution in [3.63, 3.8) is 0 Å². The quantitative estimate of drug-likeness (QED) is 0.651. The van der Waals surface area contributed by atoms with Crippen LogP contribution in [0.3, 0.4) is 0 Å². The third-order valence-corrected chi connectivity index (χ3v) is 4.14. The second-order valence-electron chi connectivity index (χ2n) is 5.46.